The van der Waals surface area contributed by atoms with Gasteiger partial charge in [-0.2, -0.15) is 0 Å². The standard InChI is InChI=1S/C19H38N6O2.HI/c1-6-22-7-9-23(10-8-22)16(2)15-21-17(20)24-11-13-25(14-12-24)18(26)27-19(3,4)5;/h16H,6-15H2,1-5H3,(H2,20,21);1H. The number of likely N-dealkylation sites (N-methyl/N-ethyl adjacent to an activating group) is 1. The van der Waals surface area contributed by atoms with Gasteiger partial charge in [0.05, 0.1) is 6.54 Å². The Kier molecular flexibility index (Phi) is 10.3. The molecule has 2 aliphatic heterocycles. The van der Waals surface area contributed by atoms with Crippen molar-refractivity contribution in [1.82, 2.24) is 19.6 Å². The van der Waals surface area contributed by atoms with Gasteiger partial charge in [-0.25, -0.2) is 4.79 Å². The minimum atomic E-state index is -0.465. The first kappa shape index (κ1) is 25.2. The molecule has 0 aromatic rings. The van der Waals surface area contributed by atoms with Gasteiger partial charge in [0.25, 0.3) is 0 Å². The van der Waals surface area contributed by atoms with Crippen molar-refractivity contribution in [2.75, 3.05) is 65.4 Å². The lowest BCUT2D eigenvalue weighted by atomic mass is 10.2. The van der Waals surface area contributed by atoms with E-state index in [0.29, 0.717) is 44.7 Å². The summed E-state index contributed by atoms with van der Waals surface area (Å²) in [5, 5.41) is 0. The highest BCUT2D eigenvalue weighted by atomic mass is 127. The van der Waals surface area contributed by atoms with Crippen molar-refractivity contribution in [3.05, 3.63) is 0 Å². The number of rotatable bonds is 4. The molecule has 2 fully saturated rings. The molecule has 2 saturated heterocycles. The lowest BCUT2D eigenvalue weighted by Gasteiger charge is -2.38. The van der Waals surface area contributed by atoms with Gasteiger partial charge in [-0.05, 0) is 34.2 Å². The van der Waals surface area contributed by atoms with Gasteiger partial charge in [-0.3, -0.25) is 9.89 Å². The van der Waals surface area contributed by atoms with Crippen molar-refractivity contribution in [3.63, 3.8) is 0 Å². The van der Waals surface area contributed by atoms with E-state index in [4.69, 9.17) is 10.5 Å². The Morgan fingerprint density at radius 3 is 2.07 bits per heavy atom. The van der Waals surface area contributed by atoms with E-state index in [1.54, 1.807) is 4.90 Å². The average molecular weight is 510 g/mol. The first-order valence-corrected chi connectivity index (χ1v) is 10.2. The first-order valence-electron chi connectivity index (χ1n) is 10.2. The molecule has 8 nitrogen and oxygen atoms in total. The van der Waals surface area contributed by atoms with Gasteiger partial charge in [0.15, 0.2) is 5.96 Å². The number of nitrogens with two attached hydrogens (primary N) is 1. The fourth-order valence-electron chi connectivity index (χ4n) is 3.41. The first-order chi connectivity index (χ1) is 12.7. The third-order valence-electron chi connectivity index (χ3n) is 5.25. The smallest absolute Gasteiger partial charge is 0.410 e. The molecule has 0 saturated carbocycles. The van der Waals surface area contributed by atoms with Gasteiger partial charge in [0.1, 0.15) is 5.60 Å². The van der Waals surface area contributed by atoms with E-state index < -0.39 is 5.60 Å². The van der Waals surface area contributed by atoms with E-state index in [2.05, 4.69) is 33.5 Å². The molecule has 2 N–H and O–H groups in total. The van der Waals surface area contributed by atoms with Crippen LogP contribution >= 0.6 is 24.0 Å². The largest absolute Gasteiger partial charge is 0.444 e. The number of hydrogen-bond acceptors (Lipinski definition) is 5. The molecule has 28 heavy (non-hydrogen) atoms. The van der Waals surface area contributed by atoms with Crippen LogP contribution in [0.5, 0.6) is 0 Å². The average Bonchev–Trinajstić information content (AvgIpc) is 2.64. The summed E-state index contributed by atoms with van der Waals surface area (Å²) < 4.78 is 5.43. The third-order valence-corrected chi connectivity index (χ3v) is 5.25. The van der Waals surface area contributed by atoms with Gasteiger partial charge in [-0.1, -0.05) is 6.92 Å². The zero-order chi connectivity index (χ0) is 20.0. The second-order valence-corrected chi connectivity index (χ2v) is 8.47. The second-order valence-electron chi connectivity index (χ2n) is 8.47. The predicted molar refractivity (Wildman–Crippen MR) is 124 cm³/mol. The molecule has 2 aliphatic rings. The summed E-state index contributed by atoms with van der Waals surface area (Å²) in [4.78, 5) is 25.5. The highest BCUT2D eigenvalue weighted by Crippen LogP contribution is 2.12. The van der Waals surface area contributed by atoms with Gasteiger partial charge in [0.2, 0.25) is 0 Å². The number of aliphatic imine (C=N–C) groups is 1. The molecular weight excluding hydrogens is 471 g/mol. The van der Waals surface area contributed by atoms with Gasteiger partial charge in [-0.15, -0.1) is 24.0 Å². The number of carbonyl (C=O) groups excluding carboxylic acids is 1. The zero-order valence-corrected chi connectivity index (χ0v) is 20.5. The molecule has 0 aromatic heterocycles. The fraction of sp³-hybridized carbons (Fsp3) is 0.895. The number of amides is 1. The van der Waals surface area contributed by atoms with Crippen LogP contribution in [0.1, 0.15) is 34.6 Å². The number of hydrogen-bond donors (Lipinski definition) is 1. The number of carbonyl (C=O) groups is 1. The van der Waals surface area contributed by atoms with Crippen LogP contribution in [0.2, 0.25) is 0 Å². The predicted octanol–water partition coefficient (Wildman–Crippen LogP) is 1.50. The molecule has 9 heteroatoms. The van der Waals surface area contributed by atoms with Gasteiger partial charge >= 0.3 is 6.09 Å². The van der Waals surface area contributed by atoms with Gasteiger partial charge in [0, 0.05) is 58.4 Å². The topological polar surface area (TPSA) is 77.6 Å². The van der Waals surface area contributed by atoms with Crippen LogP contribution in [-0.2, 0) is 4.74 Å². The molecule has 0 aliphatic carbocycles. The summed E-state index contributed by atoms with van der Waals surface area (Å²) in [6.07, 6.45) is -0.252. The maximum Gasteiger partial charge on any atom is 0.410 e. The summed E-state index contributed by atoms with van der Waals surface area (Å²) in [5.41, 5.74) is 5.74. The van der Waals surface area contributed by atoms with Crippen molar-refractivity contribution >= 4 is 36.0 Å². The molecule has 0 aromatic carbocycles. The Bertz CT molecular complexity index is 509. The Morgan fingerprint density at radius 1 is 1.04 bits per heavy atom. The van der Waals surface area contributed by atoms with E-state index >= 15 is 0 Å². The zero-order valence-electron chi connectivity index (χ0n) is 18.2. The molecule has 1 atom stereocenters. The Morgan fingerprint density at radius 2 is 1.57 bits per heavy atom. The van der Waals surface area contributed by atoms with Crippen molar-refractivity contribution in [2.45, 2.75) is 46.3 Å². The number of piperazine rings is 2. The van der Waals surface area contributed by atoms with Crippen LogP contribution in [0.4, 0.5) is 4.79 Å². The normalized spacial score (nSPS) is 21.2. The third kappa shape index (κ3) is 7.90. The highest BCUT2D eigenvalue weighted by molar-refractivity contribution is 14.0. The Balaban J connectivity index is 0.00000392. The molecule has 0 radical (unpaired) electrons. The van der Waals surface area contributed by atoms with E-state index in [0.717, 1.165) is 32.7 Å². The quantitative estimate of drug-likeness (QED) is 0.351. The fourth-order valence-corrected chi connectivity index (χ4v) is 3.41. The lowest BCUT2D eigenvalue weighted by molar-refractivity contribution is 0.0186. The summed E-state index contributed by atoms with van der Waals surface area (Å²) in [7, 11) is 0. The Hall–Kier alpha value is -0.810. The number of nitrogens with zero attached hydrogens (tertiary/aromatic N) is 5. The van der Waals surface area contributed by atoms with Crippen LogP contribution in [0.3, 0.4) is 0 Å². The van der Waals surface area contributed by atoms with Crippen LogP contribution in [-0.4, -0.2) is 109 Å². The van der Waals surface area contributed by atoms with Crippen LogP contribution < -0.4 is 5.73 Å². The number of halogens is 1. The maximum absolute atomic E-state index is 12.1. The van der Waals surface area contributed by atoms with E-state index in [-0.39, 0.29) is 30.1 Å². The highest BCUT2D eigenvalue weighted by Gasteiger charge is 2.26. The van der Waals surface area contributed by atoms with Crippen LogP contribution in [0.15, 0.2) is 4.99 Å². The van der Waals surface area contributed by atoms with E-state index in [1.165, 1.54) is 0 Å². The molecule has 164 valence electrons. The molecule has 1 unspecified atom stereocenters. The SMILES string of the molecule is CCN1CCN(C(C)CN=C(N)N2CCN(C(=O)OC(C)(C)C)CC2)CC1.I. The summed E-state index contributed by atoms with van der Waals surface area (Å²) in [5.74, 6) is 0.581. The van der Waals surface area contributed by atoms with E-state index in [1.807, 2.05) is 20.8 Å². The molecule has 0 spiro atoms. The van der Waals surface area contributed by atoms with Gasteiger partial charge < -0.3 is 25.2 Å². The molecule has 0 bridgehead atoms. The van der Waals surface area contributed by atoms with Crippen molar-refractivity contribution < 1.29 is 9.53 Å². The lowest BCUT2D eigenvalue weighted by Crippen LogP contribution is -2.54. The summed E-state index contributed by atoms with van der Waals surface area (Å²) in [6.45, 7) is 19.0. The monoisotopic (exact) mass is 510 g/mol. The minimum absolute atomic E-state index is 0. The Labute approximate surface area is 187 Å². The minimum Gasteiger partial charge on any atom is -0.444 e. The van der Waals surface area contributed by atoms with E-state index in [9.17, 15) is 4.79 Å². The number of ether oxygens (including phenoxy) is 1. The van der Waals surface area contributed by atoms with Crippen molar-refractivity contribution in [2.24, 2.45) is 10.7 Å². The molecule has 2 rings (SSSR count). The number of guanidine groups is 1. The summed E-state index contributed by atoms with van der Waals surface area (Å²) in [6, 6.07) is 0.394. The van der Waals surface area contributed by atoms with Crippen molar-refractivity contribution in [1.29, 1.82) is 0 Å². The van der Waals surface area contributed by atoms with Crippen LogP contribution in [0.25, 0.3) is 0 Å². The van der Waals surface area contributed by atoms with Crippen molar-refractivity contribution in [3.8, 4) is 0 Å². The molecule has 2 heterocycles. The summed E-state index contributed by atoms with van der Waals surface area (Å²) >= 11 is 0. The van der Waals surface area contributed by atoms with Crippen LogP contribution in [0, 0.1) is 0 Å². The molecular formula is C19H39IN6O2. The second kappa shape index (κ2) is 11.4. The maximum atomic E-state index is 12.1. The molecule has 1 amide bonds.